The van der Waals surface area contributed by atoms with Crippen LogP contribution in [0.15, 0.2) is 36.8 Å². The lowest BCUT2D eigenvalue weighted by Gasteiger charge is -2.18. The van der Waals surface area contributed by atoms with Crippen molar-refractivity contribution in [3.05, 3.63) is 48.2 Å². The number of fused-ring (bicyclic) bond motifs is 1. The largest absolute Gasteiger partial charge is 0.378 e. The van der Waals surface area contributed by atoms with E-state index in [0.29, 0.717) is 0 Å². The predicted octanol–water partition coefficient (Wildman–Crippen LogP) is 1.11. The molecule has 0 spiro atoms. The van der Waals surface area contributed by atoms with Gasteiger partial charge >= 0.3 is 0 Å². The highest BCUT2D eigenvalue weighted by Crippen LogP contribution is 2.19. The van der Waals surface area contributed by atoms with Gasteiger partial charge in [0.1, 0.15) is 0 Å². The van der Waals surface area contributed by atoms with Gasteiger partial charge in [0.25, 0.3) is 0 Å². The molecule has 3 aromatic rings. The Bertz CT molecular complexity index is 1000. The minimum Gasteiger partial charge on any atom is -0.378 e. The molecule has 0 bridgehead atoms. The number of carbonyl (C=O) groups excluding carboxylic acids is 1. The lowest BCUT2D eigenvalue weighted by molar-refractivity contribution is -0.121. The van der Waals surface area contributed by atoms with Gasteiger partial charge in [-0.3, -0.25) is 14.8 Å². The summed E-state index contributed by atoms with van der Waals surface area (Å²) in [7, 11) is 3.70. The molecule has 0 aromatic carbocycles. The number of pyridine rings is 2. The van der Waals surface area contributed by atoms with Crippen molar-refractivity contribution in [3.8, 4) is 5.69 Å². The fourth-order valence-electron chi connectivity index (χ4n) is 3.70. The molecule has 4 heterocycles. The van der Waals surface area contributed by atoms with Crippen LogP contribution >= 0.6 is 0 Å². The first-order chi connectivity index (χ1) is 13.5. The first-order valence-corrected chi connectivity index (χ1v) is 9.30. The van der Waals surface area contributed by atoms with E-state index in [1.165, 1.54) is 0 Å². The fraction of sp³-hybridized carbons (Fsp3) is 0.400. The second kappa shape index (κ2) is 7.65. The number of amides is 1. The third-order valence-corrected chi connectivity index (χ3v) is 5.08. The van der Waals surface area contributed by atoms with Crippen molar-refractivity contribution < 1.29 is 9.53 Å². The van der Waals surface area contributed by atoms with Crippen molar-refractivity contribution >= 4 is 16.8 Å². The van der Waals surface area contributed by atoms with E-state index in [1.807, 2.05) is 36.9 Å². The quantitative estimate of drug-likeness (QED) is 0.714. The molecule has 28 heavy (non-hydrogen) atoms. The SMILES string of the molecule is CO[C@H]1CN(C)C[C@@H]1NC(=O)Cc1cc2cnn(-c3ccnc(C)c3)c2cn1. The van der Waals surface area contributed by atoms with Crippen LogP contribution in [-0.2, 0) is 16.0 Å². The molecule has 146 valence electrons. The number of likely N-dealkylation sites (tertiary alicyclic amines) is 1. The molecule has 2 atom stereocenters. The first-order valence-electron chi connectivity index (χ1n) is 9.30. The number of nitrogens with one attached hydrogen (secondary N) is 1. The number of methoxy groups -OCH3 is 1. The van der Waals surface area contributed by atoms with E-state index in [1.54, 1.807) is 25.7 Å². The van der Waals surface area contributed by atoms with E-state index < -0.39 is 0 Å². The Morgan fingerprint density at radius 1 is 1.29 bits per heavy atom. The maximum absolute atomic E-state index is 12.5. The van der Waals surface area contributed by atoms with Crippen molar-refractivity contribution in [3.63, 3.8) is 0 Å². The summed E-state index contributed by atoms with van der Waals surface area (Å²) in [6, 6.07) is 5.80. The zero-order valence-corrected chi connectivity index (χ0v) is 16.3. The summed E-state index contributed by atoms with van der Waals surface area (Å²) >= 11 is 0. The predicted molar refractivity (Wildman–Crippen MR) is 105 cm³/mol. The molecular weight excluding hydrogens is 356 g/mol. The number of carbonyl (C=O) groups is 1. The summed E-state index contributed by atoms with van der Waals surface area (Å²) in [6.07, 6.45) is 5.57. The Morgan fingerprint density at radius 3 is 2.93 bits per heavy atom. The number of aryl methyl sites for hydroxylation is 1. The van der Waals surface area contributed by atoms with Gasteiger partial charge in [-0.05, 0) is 32.2 Å². The molecule has 1 amide bonds. The Hall–Kier alpha value is -2.84. The van der Waals surface area contributed by atoms with Crippen LogP contribution in [0.25, 0.3) is 16.6 Å². The first kappa shape index (κ1) is 18.5. The molecule has 1 fully saturated rings. The van der Waals surface area contributed by atoms with Crippen molar-refractivity contribution in [2.45, 2.75) is 25.5 Å². The average molecular weight is 380 g/mol. The third kappa shape index (κ3) is 3.74. The van der Waals surface area contributed by atoms with Gasteiger partial charge in [0.15, 0.2) is 0 Å². The van der Waals surface area contributed by atoms with Gasteiger partial charge in [0.05, 0.1) is 47.9 Å². The summed E-state index contributed by atoms with van der Waals surface area (Å²) in [5, 5.41) is 8.48. The highest BCUT2D eigenvalue weighted by Gasteiger charge is 2.31. The van der Waals surface area contributed by atoms with Crippen molar-refractivity contribution in [1.29, 1.82) is 0 Å². The van der Waals surface area contributed by atoms with Crippen LogP contribution in [0.5, 0.6) is 0 Å². The minimum atomic E-state index is -0.0497. The number of rotatable bonds is 5. The molecule has 4 rings (SSSR count). The van der Waals surface area contributed by atoms with Crippen LogP contribution in [0.4, 0.5) is 0 Å². The van der Waals surface area contributed by atoms with Crippen molar-refractivity contribution in [1.82, 2.24) is 30.0 Å². The highest BCUT2D eigenvalue weighted by atomic mass is 16.5. The van der Waals surface area contributed by atoms with Gasteiger partial charge in [0, 0.05) is 37.5 Å². The van der Waals surface area contributed by atoms with Gasteiger partial charge in [0.2, 0.25) is 5.91 Å². The standard InChI is InChI=1S/C20H24N6O2/c1-13-6-16(4-5-21-13)26-18-10-22-15(7-14(18)9-23-26)8-20(27)24-17-11-25(2)12-19(17)28-3/h4-7,9-10,17,19H,8,11-12H2,1-3H3,(H,24,27)/t17-,19-/m0/s1. The molecular formula is C20H24N6O2. The molecule has 1 N–H and O–H groups in total. The summed E-state index contributed by atoms with van der Waals surface area (Å²) in [5.41, 5.74) is 3.47. The van der Waals surface area contributed by atoms with Gasteiger partial charge in [-0.25, -0.2) is 4.68 Å². The van der Waals surface area contributed by atoms with Crippen LogP contribution in [0, 0.1) is 6.92 Å². The van der Waals surface area contributed by atoms with E-state index in [0.717, 1.165) is 41.1 Å². The van der Waals surface area contributed by atoms with Crippen LogP contribution in [0.1, 0.15) is 11.4 Å². The highest BCUT2D eigenvalue weighted by molar-refractivity contribution is 5.83. The topological polar surface area (TPSA) is 85.2 Å². The third-order valence-electron chi connectivity index (χ3n) is 5.08. The van der Waals surface area contributed by atoms with Gasteiger partial charge in [-0.15, -0.1) is 0 Å². The number of nitrogens with zero attached hydrogens (tertiary/aromatic N) is 5. The Labute approximate surface area is 163 Å². The average Bonchev–Trinajstić information content (AvgIpc) is 3.24. The zero-order chi connectivity index (χ0) is 19.7. The molecule has 8 nitrogen and oxygen atoms in total. The molecule has 0 saturated carbocycles. The van der Waals surface area contributed by atoms with E-state index in [4.69, 9.17) is 4.74 Å². The smallest absolute Gasteiger partial charge is 0.226 e. The molecule has 1 aliphatic rings. The fourth-order valence-corrected chi connectivity index (χ4v) is 3.70. The number of ether oxygens (including phenoxy) is 1. The number of likely N-dealkylation sites (N-methyl/N-ethyl adjacent to an activating group) is 1. The van der Waals surface area contributed by atoms with E-state index in [2.05, 4.69) is 25.3 Å². The maximum Gasteiger partial charge on any atom is 0.226 e. The minimum absolute atomic E-state index is 0.00362. The Kier molecular flexibility index (Phi) is 5.06. The normalized spacial score (nSPS) is 20.0. The van der Waals surface area contributed by atoms with E-state index in [9.17, 15) is 4.79 Å². The molecule has 8 heteroatoms. The van der Waals surface area contributed by atoms with Crippen LogP contribution in [-0.4, -0.2) is 69.9 Å². The van der Waals surface area contributed by atoms with Crippen LogP contribution in [0.2, 0.25) is 0 Å². The molecule has 0 radical (unpaired) electrons. The summed E-state index contributed by atoms with van der Waals surface area (Å²) in [5.74, 6) is -0.0497. The molecule has 0 unspecified atom stereocenters. The molecule has 3 aromatic heterocycles. The van der Waals surface area contributed by atoms with Gasteiger partial charge in [-0.1, -0.05) is 0 Å². The number of hydrogen-bond donors (Lipinski definition) is 1. The number of hydrogen-bond acceptors (Lipinski definition) is 6. The summed E-state index contributed by atoms with van der Waals surface area (Å²) < 4.78 is 7.30. The van der Waals surface area contributed by atoms with Crippen molar-refractivity contribution in [2.24, 2.45) is 0 Å². The Balaban J connectivity index is 1.49. The maximum atomic E-state index is 12.5. The van der Waals surface area contributed by atoms with Crippen LogP contribution in [0.3, 0.4) is 0 Å². The summed E-state index contributed by atoms with van der Waals surface area (Å²) in [6.45, 7) is 3.55. The second-order valence-corrected chi connectivity index (χ2v) is 7.29. The number of aromatic nitrogens is 4. The zero-order valence-electron chi connectivity index (χ0n) is 16.3. The van der Waals surface area contributed by atoms with Crippen molar-refractivity contribution in [2.75, 3.05) is 27.2 Å². The molecule has 0 aliphatic carbocycles. The monoisotopic (exact) mass is 380 g/mol. The van der Waals surface area contributed by atoms with Gasteiger partial charge in [-0.2, -0.15) is 5.10 Å². The molecule has 1 aliphatic heterocycles. The lowest BCUT2D eigenvalue weighted by Crippen LogP contribution is -2.44. The molecule has 1 saturated heterocycles. The lowest BCUT2D eigenvalue weighted by atomic mass is 10.2. The summed E-state index contributed by atoms with van der Waals surface area (Å²) in [4.78, 5) is 23.3. The van der Waals surface area contributed by atoms with Crippen LogP contribution < -0.4 is 5.32 Å². The Morgan fingerprint density at radius 2 is 2.14 bits per heavy atom. The van der Waals surface area contributed by atoms with E-state index >= 15 is 0 Å². The van der Waals surface area contributed by atoms with E-state index in [-0.39, 0.29) is 24.5 Å². The van der Waals surface area contributed by atoms with Gasteiger partial charge < -0.3 is 15.0 Å². The second-order valence-electron chi connectivity index (χ2n) is 7.29.